The number of thiazole rings is 4. The third-order valence-electron chi connectivity index (χ3n) is 24.7. The first-order valence-electron chi connectivity index (χ1n) is 44.4. The van der Waals surface area contributed by atoms with Gasteiger partial charge in [0, 0.05) is 201 Å². The van der Waals surface area contributed by atoms with Crippen LogP contribution in [-0.4, -0.2) is 231 Å². The highest BCUT2D eigenvalue weighted by Crippen LogP contribution is 2.39. The molecule has 2 unspecified atom stereocenters. The molecule has 8 aromatic carbocycles. The summed E-state index contributed by atoms with van der Waals surface area (Å²) in [7, 11) is -11.2. The van der Waals surface area contributed by atoms with E-state index in [2.05, 4.69) is 53.7 Å². The summed E-state index contributed by atoms with van der Waals surface area (Å²) < 4.78 is 135. The highest BCUT2D eigenvalue weighted by Gasteiger charge is 2.45. The molecular weight excluding hydrogens is 2020 g/mol. The zero-order chi connectivity index (χ0) is 98.7. The SMILES string of the molecule is C[C@H](C(=O)N1CCN(c2cccc(S(=O)(=O)Nc3nccs3)c2)CC1)n1ccc2c(F)cccc21.Nc1nccs1.O=C(CN1CCCc2cc(Cl)ccc21)N1CCN(c2ccc(S(=O)(=O)Nc3nccs3)cc2)C[C@@H]1CO.O=C1CC(N2CCCc3cc(Cl)ccc32)C(=O)N1c1ccc(S(=O)[O-])cc1.O=C1[C@@H](N2CCN(c3cc(F)ccc3Cl)CC2)CCN1c1ccc(S(=O)(=O)Nc2nccs2)cc1.[HH].[HH].[HH].[HH].[HH].[HH]. The van der Waals surface area contributed by atoms with Crippen LogP contribution in [-0.2, 0) is 78.0 Å². The van der Waals surface area contributed by atoms with Gasteiger partial charge in [0.25, 0.3) is 36.0 Å². The predicted octanol–water partition coefficient (Wildman–Crippen LogP) is 15.5. The number of hydrogen-bond donors (Lipinski definition) is 5. The van der Waals surface area contributed by atoms with E-state index in [0.29, 0.717) is 155 Å². The summed E-state index contributed by atoms with van der Waals surface area (Å²) in [5, 5.41) is 20.9. The number of fused-ring (bicyclic) bond motifs is 3. The maximum Gasteiger partial charge on any atom is 0.263 e. The van der Waals surface area contributed by atoms with Crippen molar-refractivity contribution in [3.05, 3.63) is 266 Å². The van der Waals surface area contributed by atoms with E-state index < -0.39 is 53.2 Å². The lowest BCUT2D eigenvalue weighted by atomic mass is 9.99. The first kappa shape index (κ1) is 101. The average Bonchev–Trinajstić information content (AvgIpc) is 1.61. The lowest BCUT2D eigenvalue weighted by Crippen LogP contribution is -2.58. The number of aromatic nitrogens is 5. The van der Waals surface area contributed by atoms with Crippen LogP contribution in [0.25, 0.3) is 10.9 Å². The number of piperazine rings is 3. The Morgan fingerprint density at radius 2 is 1.13 bits per heavy atom. The lowest BCUT2D eigenvalue weighted by molar-refractivity contribution is -0.134. The van der Waals surface area contributed by atoms with Crippen LogP contribution in [0.1, 0.15) is 58.3 Å². The zero-order valence-electron chi connectivity index (χ0n) is 75.0. The second-order valence-electron chi connectivity index (χ2n) is 33.2. The molecule has 5 aromatic heterocycles. The van der Waals surface area contributed by atoms with Gasteiger partial charge in [0.2, 0.25) is 23.6 Å². The number of nitrogen functional groups attached to an aromatic ring is 1. The molecule has 0 saturated carbocycles. The Morgan fingerprint density at radius 1 is 0.564 bits per heavy atom. The van der Waals surface area contributed by atoms with Crippen LogP contribution in [0.5, 0.6) is 0 Å². The fraction of sp³-hybridized carbons (Fsp3) is 0.287. The van der Waals surface area contributed by atoms with E-state index in [1.54, 1.807) is 127 Å². The number of nitrogens with zero attached hydrogens (tertiary/aromatic N) is 15. The number of amides is 5. The van der Waals surface area contributed by atoms with Crippen molar-refractivity contribution >= 4 is 222 Å². The number of aliphatic hydroxyl groups excluding tert-OH is 1. The Balaban J connectivity index is 0.000000194. The van der Waals surface area contributed by atoms with Crippen LogP contribution in [0.15, 0.2) is 248 Å². The highest BCUT2D eigenvalue weighted by atomic mass is 35.5. The second-order valence-corrected chi connectivity index (χ2v) is 44.1. The highest BCUT2D eigenvalue weighted by molar-refractivity contribution is 7.93. The molecule has 140 heavy (non-hydrogen) atoms. The number of nitrogens with two attached hydrogens (primary N) is 1. The molecule has 5 saturated heterocycles. The molecule has 13 aromatic rings. The predicted molar refractivity (Wildman–Crippen MR) is 557 cm³/mol. The fourth-order valence-electron chi connectivity index (χ4n) is 17.8. The maximum absolute atomic E-state index is 14.1. The Hall–Kier alpha value is -11.8. The molecule has 0 spiro atoms. The maximum atomic E-state index is 14.1. The van der Waals surface area contributed by atoms with Gasteiger partial charge in [-0.1, -0.05) is 46.9 Å². The zero-order valence-corrected chi connectivity index (χ0v) is 83.8. The number of nitrogens with one attached hydrogen (secondary N) is 3. The Labute approximate surface area is 849 Å². The van der Waals surface area contributed by atoms with Gasteiger partial charge in [-0.05, 0) is 225 Å². The number of sulfonamides is 3. The Morgan fingerprint density at radius 3 is 1.71 bits per heavy atom. The molecule has 33 nitrogen and oxygen atoms in total. The molecule has 7 aliphatic heterocycles. The third kappa shape index (κ3) is 24.0. The quantitative estimate of drug-likeness (QED) is 0.0311. The normalized spacial score (nSPS) is 17.8. The van der Waals surface area contributed by atoms with Crippen LogP contribution < -0.4 is 54.2 Å². The van der Waals surface area contributed by atoms with Gasteiger partial charge in [-0.3, -0.25) is 47.2 Å². The van der Waals surface area contributed by atoms with Crippen LogP contribution in [0.4, 0.5) is 69.1 Å². The summed E-state index contributed by atoms with van der Waals surface area (Å²) in [5.41, 5.74) is 13.4. The summed E-state index contributed by atoms with van der Waals surface area (Å²) in [5.74, 6) is -1.27. The number of rotatable bonds is 22. The smallest absolute Gasteiger partial charge is 0.263 e. The van der Waals surface area contributed by atoms with Gasteiger partial charge in [-0.25, -0.2) is 58.9 Å². The minimum atomic E-state index is -3.75. The van der Waals surface area contributed by atoms with Crippen LogP contribution >= 0.6 is 80.1 Å². The van der Waals surface area contributed by atoms with Crippen molar-refractivity contribution in [1.29, 1.82) is 0 Å². The fourth-order valence-corrected chi connectivity index (χ4v) is 24.6. The standard InChI is InChI=1S/C25H28ClN5O4S2.C24H24FN5O3S2.C23H23ClFN5O3S2.C19H17ClN2O4S.C3H4N2S.6H2/c26-19-3-8-23-18(14-19)2-1-10-30(23)16-24(33)31-12-11-29(15-21(31)17-32)20-4-6-22(7-5-20)37(34,35)28-25-27-9-13-36-25;1-17(30-10-8-20-21(25)6-3-7-22(20)30)23(31)29-13-11-28(12-14-29)18-4-2-5-19(16-18)35(32,33)27-24-26-9-15-34-24;24-19-6-1-16(25)15-21(19)29-12-10-28(11-13-29)20-7-9-30(22(20)31)17-2-4-18(5-3-17)35(32,33)27-23-26-8-14-34-23;20-13-3-8-16-12(10-13)2-1-9-21(16)17-11-18(23)22(19(17)24)14-4-6-15(7-5-14)27(25)26;4-3-5-1-2-6-3;;;;;;/h3-9,13-14,21,32H,1-2,10-12,15-17H2,(H,27,28);2-10,15-17H,11-14H2,1H3,(H,26,27);1-6,8,14-15,20H,7,9-13H2,(H,26,27);3-8,10,17H,1-2,9,11H2,(H,25,26);1-2H,(H2,4,5);6*1H/p-1/t21-;17-;20-;;;;;;;;/m110......../s1. The summed E-state index contributed by atoms with van der Waals surface area (Å²) in [6, 6.07) is 46.0. The van der Waals surface area contributed by atoms with E-state index in [-0.39, 0.29) is 101 Å². The topological polar surface area (TPSA) is 399 Å². The van der Waals surface area contributed by atoms with E-state index in [9.17, 15) is 71.9 Å². The minimum absolute atomic E-state index is 0. The molecule has 5 fully saturated rings. The van der Waals surface area contributed by atoms with Crippen molar-refractivity contribution in [3.63, 3.8) is 0 Å². The number of benzene rings is 8. The minimum Gasteiger partial charge on any atom is -0.768 e. The molecule has 0 radical (unpaired) electrons. The average molecular weight is 2130 g/mol. The molecular formula is C94H107Cl3F2N19O14S8-. The number of aliphatic hydroxyl groups is 1. The number of carbonyl (C=O) groups is 5. The van der Waals surface area contributed by atoms with E-state index in [4.69, 9.17) is 40.5 Å². The van der Waals surface area contributed by atoms with Gasteiger partial charge in [0.05, 0.1) is 68.3 Å². The van der Waals surface area contributed by atoms with E-state index in [1.807, 2.05) is 64.6 Å². The monoisotopic (exact) mass is 2120 g/mol. The first-order chi connectivity index (χ1) is 67.3. The van der Waals surface area contributed by atoms with Crippen LogP contribution in [0, 0.1) is 11.6 Å². The third-order valence-corrected chi connectivity index (χ3v) is 33.3. The number of carbonyl (C=O) groups excluding carboxylic acids is 5. The second kappa shape index (κ2) is 45.0. The Kier molecular flexibility index (Phi) is 32.5. The molecule has 746 valence electrons. The van der Waals surface area contributed by atoms with Gasteiger partial charge >= 0.3 is 0 Å². The van der Waals surface area contributed by atoms with Crippen molar-refractivity contribution < 1.29 is 80.4 Å². The van der Waals surface area contributed by atoms with Crippen molar-refractivity contribution in [3.8, 4) is 0 Å². The molecule has 5 amide bonds. The van der Waals surface area contributed by atoms with Gasteiger partial charge in [-0.15, -0.1) is 45.3 Å². The largest absolute Gasteiger partial charge is 0.768 e. The van der Waals surface area contributed by atoms with Gasteiger partial charge in [0.1, 0.15) is 23.7 Å². The van der Waals surface area contributed by atoms with E-state index in [0.717, 1.165) is 71.0 Å². The lowest BCUT2D eigenvalue weighted by Gasteiger charge is -2.43. The number of imide groups is 1. The van der Waals surface area contributed by atoms with Crippen LogP contribution in [0.3, 0.4) is 0 Å². The van der Waals surface area contributed by atoms with Gasteiger partial charge in [-0.2, -0.15) is 0 Å². The number of aryl methyl sites for hydroxylation is 2. The van der Waals surface area contributed by atoms with Crippen molar-refractivity contribution in [2.45, 2.75) is 89.2 Å². The molecule has 6 N–H and O–H groups in total. The van der Waals surface area contributed by atoms with E-state index in [1.165, 1.54) is 119 Å². The van der Waals surface area contributed by atoms with Crippen molar-refractivity contribution in [2.24, 2.45) is 0 Å². The summed E-state index contributed by atoms with van der Waals surface area (Å²) in [6.07, 6.45) is 12.5. The van der Waals surface area contributed by atoms with Gasteiger partial charge < -0.3 is 59.2 Å². The first-order valence-corrected chi connectivity index (χ1v) is 54.6. The summed E-state index contributed by atoms with van der Waals surface area (Å²) >= 11 is 21.2. The van der Waals surface area contributed by atoms with Crippen molar-refractivity contribution in [1.82, 2.24) is 39.2 Å². The summed E-state index contributed by atoms with van der Waals surface area (Å²) in [6.45, 7) is 10.3. The molecule has 46 heteroatoms. The number of hydrogen-bond acceptors (Lipinski definition) is 29. The number of halogens is 5. The Bertz CT molecular complexity index is 7000. The summed E-state index contributed by atoms with van der Waals surface area (Å²) in [4.78, 5) is 100. The molecule has 12 heterocycles. The molecule has 0 aliphatic carbocycles. The van der Waals surface area contributed by atoms with Crippen LogP contribution in [0.2, 0.25) is 15.1 Å². The van der Waals surface area contributed by atoms with E-state index >= 15 is 0 Å². The van der Waals surface area contributed by atoms with Gasteiger partial charge in [0.15, 0.2) is 20.5 Å². The molecule has 0 bridgehead atoms. The number of anilines is 11. The van der Waals surface area contributed by atoms with Crippen molar-refractivity contribution in [2.75, 3.05) is 159 Å². The molecule has 5 atom stereocenters. The molecule has 7 aliphatic rings. The molecule has 20 rings (SSSR count).